The average Bonchev–Trinajstić information content (AvgIpc) is 2.99. The van der Waals surface area contributed by atoms with Crippen LogP contribution in [0.2, 0.25) is 0 Å². The molecule has 0 atom stereocenters. The third-order valence-corrected chi connectivity index (χ3v) is 3.36. The lowest BCUT2D eigenvalue weighted by Gasteiger charge is -2.07. The zero-order chi connectivity index (χ0) is 17.1. The molecule has 0 aliphatic carbocycles. The number of carbonyl (C=O) groups is 1. The number of hydrogen-bond donors (Lipinski definition) is 2. The number of nitrogens with one attached hydrogen (secondary N) is 1. The van der Waals surface area contributed by atoms with Crippen molar-refractivity contribution in [3.05, 3.63) is 48.6 Å². The number of anilines is 1. The van der Waals surface area contributed by atoms with Crippen molar-refractivity contribution in [3.63, 3.8) is 0 Å². The maximum atomic E-state index is 11.6. The first-order valence-electron chi connectivity index (χ1n) is 7.29. The summed E-state index contributed by atoms with van der Waals surface area (Å²) >= 11 is 0. The number of aromatic hydroxyl groups is 1. The minimum atomic E-state index is -0.252. The first-order valence-corrected chi connectivity index (χ1v) is 7.29. The fourth-order valence-corrected chi connectivity index (χ4v) is 2.23. The van der Waals surface area contributed by atoms with Gasteiger partial charge in [0.2, 0.25) is 5.91 Å². The molecule has 0 bridgehead atoms. The summed E-state index contributed by atoms with van der Waals surface area (Å²) in [4.78, 5) is 13.0. The van der Waals surface area contributed by atoms with Crippen LogP contribution in [0.1, 0.15) is 6.92 Å². The summed E-state index contributed by atoms with van der Waals surface area (Å²) in [6, 6.07) is 10.0. The van der Waals surface area contributed by atoms with Crippen molar-refractivity contribution in [2.45, 2.75) is 6.92 Å². The van der Waals surface area contributed by atoms with E-state index in [1.165, 1.54) is 16.9 Å². The number of ether oxygens (including phenoxy) is 1. The van der Waals surface area contributed by atoms with Gasteiger partial charge in [0.25, 0.3) is 0 Å². The van der Waals surface area contributed by atoms with E-state index in [1.807, 2.05) is 0 Å². The maximum Gasteiger partial charge on any atom is 0.248 e. The SMILES string of the molecule is CC=CC(=O)Nc1ccc(O)c(-n2nc3ccc(OC)cc3n2)c1. The number of methoxy groups -OCH3 is 1. The monoisotopic (exact) mass is 324 g/mol. The van der Waals surface area contributed by atoms with Crippen molar-refractivity contribution in [2.24, 2.45) is 0 Å². The molecule has 2 aromatic carbocycles. The van der Waals surface area contributed by atoms with Crippen LogP contribution in [0.15, 0.2) is 48.6 Å². The molecule has 0 fully saturated rings. The standard InChI is InChI=1S/C17H16N4O3/c1-3-4-17(23)18-11-5-8-16(22)15(9-11)21-19-13-7-6-12(24-2)10-14(13)20-21/h3-10,22H,1-2H3,(H,18,23). The van der Waals surface area contributed by atoms with Crippen molar-refractivity contribution in [3.8, 4) is 17.2 Å². The van der Waals surface area contributed by atoms with Crippen LogP contribution in [0.5, 0.6) is 11.5 Å². The van der Waals surface area contributed by atoms with Crippen LogP contribution in [0, 0.1) is 0 Å². The molecule has 0 radical (unpaired) electrons. The van der Waals surface area contributed by atoms with Crippen LogP contribution in [-0.2, 0) is 4.79 Å². The number of phenolic OH excluding ortho intramolecular Hbond substituents is 1. The Morgan fingerprint density at radius 2 is 2.00 bits per heavy atom. The van der Waals surface area contributed by atoms with Crippen molar-refractivity contribution in [1.82, 2.24) is 15.0 Å². The molecule has 24 heavy (non-hydrogen) atoms. The van der Waals surface area contributed by atoms with Crippen LogP contribution in [-0.4, -0.2) is 33.1 Å². The molecule has 0 unspecified atom stereocenters. The first kappa shape index (κ1) is 15.5. The Hall–Kier alpha value is -3.35. The predicted molar refractivity (Wildman–Crippen MR) is 90.5 cm³/mol. The second-order valence-electron chi connectivity index (χ2n) is 5.04. The number of phenols is 1. The molecule has 0 spiro atoms. The highest BCUT2D eigenvalue weighted by molar-refractivity contribution is 5.99. The summed E-state index contributed by atoms with van der Waals surface area (Å²) in [7, 11) is 1.58. The van der Waals surface area contributed by atoms with Gasteiger partial charge < -0.3 is 15.2 Å². The first-order chi connectivity index (χ1) is 11.6. The molecular formula is C17H16N4O3. The lowest BCUT2D eigenvalue weighted by atomic mass is 10.2. The molecule has 0 aliphatic rings. The summed E-state index contributed by atoms with van der Waals surface area (Å²) in [5, 5.41) is 21.5. The van der Waals surface area contributed by atoms with Crippen molar-refractivity contribution in [1.29, 1.82) is 0 Å². The van der Waals surface area contributed by atoms with Gasteiger partial charge in [-0.2, -0.15) is 0 Å². The van der Waals surface area contributed by atoms with Crippen LogP contribution in [0.4, 0.5) is 5.69 Å². The largest absolute Gasteiger partial charge is 0.506 e. The molecule has 1 amide bonds. The zero-order valence-corrected chi connectivity index (χ0v) is 13.2. The highest BCUT2D eigenvalue weighted by atomic mass is 16.5. The highest BCUT2D eigenvalue weighted by Gasteiger charge is 2.11. The molecule has 1 aromatic heterocycles. The molecule has 7 heteroatoms. The number of carbonyl (C=O) groups excluding carboxylic acids is 1. The summed E-state index contributed by atoms with van der Waals surface area (Å²) < 4.78 is 5.17. The Kier molecular flexibility index (Phi) is 4.15. The molecular weight excluding hydrogens is 308 g/mol. The van der Waals surface area contributed by atoms with E-state index >= 15 is 0 Å². The number of hydrogen-bond acceptors (Lipinski definition) is 5. The number of rotatable bonds is 4. The Labute approximate surface area is 138 Å². The van der Waals surface area contributed by atoms with Gasteiger partial charge in [-0.05, 0) is 43.3 Å². The summed E-state index contributed by atoms with van der Waals surface area (Å²) in [5.41, 5.74) is 2.20. The van der Waals surface area contributed by atoms with E-state index in [-0.39, 0.29) is 11.7 Å². The van der Waals surface area contributed by atoms with Crippen molar-refractivity contribution in [2.75, 3.05) is 12.4 Å². The molecule has 0 saturated heterocycles. The third kappa shape index (κ3) is 3.05. The molecule has 3 rings (SSSR count). The minimum absolute atomic E-state index is 0.00584. The molecule has 0 aliphatic heterocycles. The summed E-state index contributed by atoms with van der Waals surface area (Å²) in [5.74, 6) is 0.426. The van der Waals surface area contributed by atoms with Gasteiger partial charge in [-0.1, -0.05) is 6.08 Å². The highest BCUT2D eigenvalue weighted by Crippen LogP contribution is 2.26. The van der Waals surface area contributed by atoms with Gasteiger partial charge in [-0.3, -0.25) is 4.79 Å². The molecule has 7 nitrogen and oxygen atoms in total. The fraction of sp³-hybridized carbons (Fsp3) is 0.118. The zero-order valence-electron chi connectivity index (χ0n) is 13.2. The van der Waals surface area contributed by atoms with E-state index in [0.717, 1.165) is 0 Å². The Balaban J connectivity index is 2.00. The number of allylic oxidation sites excluding steroid dienone is 1. The summed E-state index contributed by atoms with van der Waals surface area (Å²) in [6.45, 7) is 1.76. The maximum absolute atomic E-state index is 11.6. The molecule has 3 aromatic rings. The smallest absolute Gasteiger partial charge is 0.248 e. The van der Waals surface area contributed by atoms with Crippen LogP contribution < -0.4 is 10.1 Å². The number of benzene rings is 2. The minimum Gasteiger partial charge on any atom is -0.506 e. The molecule has 2 N–H and O–H groups in total. The van der Waals surface area contributed by atoms with E-state index in [1.54, 1.807) is 50.4 Å². The van der Waals surface area contributed by atoms with E-state index in [0.29, 0.717) is 28.2 Å². The van der Waals surface area contributed by atoms with Gasteiger partial charge in [0.15, 0.2) is 0 Å². The average molecular weight is 324 g/mol. The second-order valence-corrected chi connectivity index (χ2v) is 5.04. The lowest BCUT2D eigenvalue weighted by molar-refractivity contribution is -0.111. The van der Waals surface area contributed by atoms with Gasteiger partial charge >= 0.3 is 0 Å². The van der Waals surface area contributed by atoms with Crippen LogP contribution in [0.25, 0.3) is 16.7 Å². The quantitative estimate of drug-likeness (QED) is 0.569. The van der Waals surface area contributed by atoms with Gasteiger partial charge in [0.1, 0.15) is 28.2 Å². The van der Waals surface area contributed by atoms with Gasteiger partial charge in [0.05, 0.1) is 7.11 Å². The Bertz CT molecular complexity index is 931. The van der Waals surface area contributed by atoms with Crippen molar-refractivity contribution < 1.29 is 14.6 Å². The van der Waals surface area contributed by atoms with E-state index < -0.39 is 0 Å². The topological polar surface area (TPSA) is 89.3 Å². The van der Waals surface area contributed by atoms with Crippen LogP contribution >= 0.6 is 0 Å². The van der Waals surface area contributed by atoms with E-state index in [2.05, 4.69) is 15.5 Å². The van der Waals surface area contributed by atoms with Gasteiger partial charge in [-0.15, -0.1) is 15.0 Å². The Morgan fingerprint density at radius 3 is 2.75 bits per heavy atom. The number of amides is 1. The van der Waals surface area contributed by atoms with E-state index in [9.17, 15) is 9.90 Å². The molecule has 122 valence electrons. The van der Waals surface area contributed by atoms with Gasteiger partial charge in [0, 0.05) is 11.8 Å². The fourth-order valence-electron chi connectivity index (χ4n) is 2.23. The Morgan fingerprint density at radius 1 is 1.21 bits per heavy atom. The van der Waals surface area contributed by atoms with E-state index in [4.69, 9.17) is 4.74 Å². The van der Waals surface area contributed by atoms with Crippen LogP contribution in [0.3, 0.4) is 0 Å². The second kappa shape index (κ2) is 6.41. The van der Waals surface area contributed by atoms with Gasteiger partial charge in [-0.25, -0.2) is 0 Å². The summed E-state index contributed by atoms with van der Waals surface area (Å²) in [6.07, 6.45) is 3.06. The number of nitrogens with zero attached hydrogens (tertiary/aromatic N) is 3. The lowest BCUT2D eigenvalue weighted by Crippen LogP contribution is -2.08. The third-order valence-electron chi connectivity index (χ3n) is 3.36. The molecule has 0 saturated carbocycles. The van der Waals surface area contributed by atoms with Crippen molar-refractivity contribution >= 4 is 22.6 Å². The number of fused-ring (bicyclic) bond motifs is 1. The molecule has 1 heterocycles. The normalized spacial score (nSPS) is 11.1. The number of aromatic nitrogens is 3. The predicted octanol–water partition coefficient (Wildman–Crippen LogP) is 2.65.